The van der Waals surface area contributed by atoms with Gasteiger partial charge >= 0.3 is 0 Å². The number of rotatable bonds is 3. The Bertz CT molecular complexity index is 713. The summed E-state index contributed by atoms with van der Waals surface area (Å²) in [6.45, 7) is 2.99. The van der Waals surface area contributed by atoms with Crippen LogP contribution in [0.25, 0.3) is 0 Å². The predicted molar refractivity (Wildman–Crippen MR) is 81.1 cm³/mol. The molecule has 8 heteroatoms. The van der Waals surface area contributed by atoms with Crippen LogP contribution in [0.1, 0.15) is 10.4 Å². The lowest BCUT2D eigenvalue weighted by molar-refractivity contribution is 0.0586. The smallest absolute Gasteiger partial charge is 0.254 e. The monoisotopic (exact) mass is 340 g/mol. The van der Waals surface area contributed by atoms with Gasteiger partial charge in [-0.05, 0) is 18.2 Å². The highest BCUT2D eigenvalue weighted by molar-refractivity contribution is 6.30. The molecule has 1 aromatic heterocycles. The van der Waals surface area contributed by atoms with Crippen LogP contribution < -0.4 is 0 Å². The first kappa shape index (κ1) is 15.9. The van der Waals surface area contributed by atoms with Gasteiger partial charge in [-0.2, -0.15) is 5.10 Å². The number of hydrogen-bond acceptors (Lipinski definition) is 3. The summed E-state index contributed by atoms with van der Waals surface area (Å²) >= 11 is 5.82. The van der Waals surface area contributed by atoms with Crippen molar-refractivity contribution < 1.29 is 13.6 Å². The van der Waals surface area contributed by atoms with Crippen LogP contribution >= 0.6 is 11.6 Å². The number of piperazine rings is 1. The van der Waals surface area contributed by atoms with E-state index in [-0.39, 0.29) is 11.5 Å². The summed E-state index contributed by atoms with van der Waals surface area (Å²) < 4.78 is 27.9. The number of hydrogen-bond donors (Lipinski definition) is 0. The van der Waals surface area contributed by atoms with Crippen LogP contribution in [0.15, 0.2) is 30.6 Å². The van der Waals surface area contributed by atoms with E-state index in [4.69, 9.17) is 11.6 Å². The molecule has 3 rings (SSSR count). The molecule has 1 aliphatic rings. The predicted octanol–water partition coefficient (Wildman–Crippen LogP) is 2.23. The van der Waals surface area contributed by atoms with Crippen molar-refractivity contribution in [1.82, 2.24) is 19.6 Å². The second-order valence-electron chi connectivity index (χ2n) is 5.38. The molecule has 1 fully saturated rings. The van der Waals surface area contributed by atoms with Crippen molar-refractivity contribution >= 4 is 17.5 Å². The molecule has 1 aliphatic heterocycles. The number of nitrogens with zero attached hydrogens (tertiary/aromatic N) is 4. The summed E-state index contributed by atoms with van der Waals surface area (Å²) in [6.07, 6.45) is 3.31. The molecule has 0 aliphatic carbocycles. The third-order valence-electron chi connectivity index (χ3n) is 3.77. The Morgan fingerprint density at radius 2 is 1.91 bits per heavy atom. The molecule has 1 amide bonds. The normalized spacial score (nSPS) is 15.9. The van der Waals surface area contributed by atoms with Crippen molar-refractivity contribution in [2.45, 2.75) is 6.67 Å². The number of carbonyl (C=O) groups is 1. The molecule has 5 nitrogen and oxygen atoms in total. The van der Waals surface area contributed by atoms with Crippen molar-refractivity contribution in [3.05, 3.63) is 52.8 Å². The Balaban J connectivity index is 1.57. The van der Waals surface area contributed by atoms with Crippen LogP contribution in [-0.2, 0) is 6.67 Å². The van der Waals surface area contributed by atoms with Crippen LogP contribution in [0.3, 0.4) is 0 Å². The molecule has 0 unspecified atom stereocenters. The summed E-state index contributed by atoms with van der Waals surface area (Å²) in [4.78, 5) is 16.1. The molecule has 0 atom stereocenters. The van der Waals surface area contributed by atoms with Crippen LogP contribution in [0.4, 0.5) is 8.78 Å². The molecule has 0 N–H and O–H groups in total. The fraction of sp³-hybridized carbons (Fsp3) is 0.333. The zero-order valence-electron chi connectivity index (χ0n) is 12.3. The molecule has 0 radical (unpaired) electrons. The van der Waals surface area contributed by atoms with E-state index in [1.165, 1.54) is 6.07 Å². The summed E-state index contributed by atoms with van der Waals surface area (Å²) in [7, 11) is 0. The van der Waals surface area contributed by atoms with E-state index in [1.807, 2.05) is 0 Å². The average molecular weight is 341 g/mol. The lowest BCUT2D eigenvalue weighted by Crippen LogP contribution is -2.49. The molecular weight excluding hydrogens is 326 g/mol. The molecule has 1 saturated heterocycles. The van der Waals surface area contributed by atoms with Crippen molar-refractivity contribution in [1.29, 1.82) is 0 Å². The summed E-state index contributed by atoms with van der Waals surface area (Å²) in [5.74, 6) is -2.25. The molecule has 0 saturated carbocycles. The first-order valence-electron chi connectivity index (χ1n) is 7.17. The Hall–Kier alpha value is -1.99. The van der Waals surface area contributed by atoms with Crippen molar-refractivity contribution in [2.75, 3.05) is 26.2 Å². The molecule has 23 heavy (non-hydrogen) atoms. The Morgan fingerprint density at radius 3 is 2.52 bits per heavy atom. The van der Waals surface area contributed by atoms with E-state index >= 15 is 0 Å². The maximum atomic E-state index is 13.2. The standard InChI is InChI=1S/C15H15ClF2N4O/c16-12-8-19-22(9-12)10-20-3-5-21(6-4-20)15(23)11-1-2-13(17)14(18)7-11/h1-2,7-9H,3-6,10H2. The first-order chi connectivity index (χ1) is 11.0. The van der Waals surface area contributed by atoms with Gasteiger partial charge in [0.25, 0.3) is 5.91 Å². The number of benzene rings is 1. The fourth-order valence-electron chi connectivity index (χ4n) is 2.52. The van der Waals surface area contributed by atoms with Gasteiger partial charge in [0.15, 0.2) is 11.6 Å². The minimum absolute atomic E-state index is 0.163. The van der Waals surface area contributed by atoms with Gasteiger partial charge in [-0.15, -0.1) is 0 Å². The molecule has 2 aromatic rings. The number of amides is 1. The zero-order valence-corrected chi connectivity index (χ0v) is 13.0. The number of carbonyl (C=O) groups excluding carboxylic acids is 1. The van der Waals surface area contributed by atoms with Crippen molar-refractivity contribution in [3.8, 4) is 0 Å². The quantitative estimate of drug-likeness (QED) is 0.860. The topological polar surface area (TPSA) is 41.4 Å². The highest BCUT2D eigenvalue weighted by Gasteiger charge is 2.23. The summed E-state index contributed by atoms with van der Waals surface area (Å²) in [5.41, 5.74) is 0.163. The lowest BCUT2D eigenvalue weighted by Gasteiger charge is -2.34. The Kier molecular flexibility index (Phi) is 4.58. The Labute approximate surface area is 137 Å². The van der Waals surface area contributed by atoms with E-state index in [1.54, 1.807) is 22.0 Å². The second kappa shape index (κ2) is 6.64. The van der Waals surface area contributed by atoms with Crippen molar-refractivity contribution in [3.63, 3.8) is 0 Å². The van der Waals surface area contributed by atoms with Crippen LogP contribution in [0.5, 0.6) is 0 Å². The van der Waals surface area contributed by atoms with Gasteiger partial charge in [0.2, 0.25) is 0 Å². The van der Waals surface area contributed by atoms with Gasteiger partial charge in [0, 0.05) is 37.9 Å². The van der Waals surface area contributed by atoms with Crippen LogP contribution in [-0.4, -0.2) is 51.7 Å². The SMILES string of the molecule is O=C(c1ccc(F)c(F)c1)N1CCN(Cn2cc(Cl)cn2)CC1. The van der Waals surface area contributed by atoms with E-state index in [9.17, 15) is 13.6 Å². The Morgan fingerprint density at radius 1 is 1.17 bits per heavy atom. The average Bonchev–Trinajstić information content (AvgIpc) is 2.95. The fourth-order valence-corrected chi connectivity index (χ4v) is 2.68. The van der Waals surface area contributed by atoms with Crippen molar-refractivity contribution in [2.24, 2.45) is 0 Å². The molecule has 0 spiro atoms. The molecule has 0 bridgehead atoms. The van der Waals surface area contributed by atoms with Gasteiger partial charge in [0.05, 0.1) is 17.9 Å². The number of aromatic nitrogens is 2. The molecular formula is C15H15ClF2N4O. The molecule has 122 valence electrons. The number of halogens is 3. The maximum absolute atomic E-state index is 13.2. The van der Waals surface area contributed by atoms with Gasteiger partial charge in [-0.1, -0.05) is 11.6 Å². The van der Waals surface area contributed by atoms with E-state index in [0.717, 1.165) is 12.1 Å². The van der Waals surface area contributed by atoms with Gasteiger partial charge < -0.3 is 4.90 Å². The zero-order chi connectivity index (χ0) is 16.4. The van der Waals surface area contributed by atoms with Gasteiger partial charge in [0.1, 0.15) is 0 Å². The minimum Gasteiger partial charge on any atom is -0.336 e. The maximum Gasteiger partial charge on any atom is 0.254 e. The van der Waals surface area contributed by atoms with Gasteiger partial charge in [-0.3, -0.25) is 14.4 Å². The van der Waals surface area contributed by atoms with E-state index in [0.29, 0.717) is 37.9 Å². The largest absolute Gasteiger partial charge is 0.336 e. The minimum atomic E-state index is -1.01. The summed E-state index contributed by atoms with van der Waals surface area (Å²) in [5, 5.41) is 4.70. The highest BCUT2D eigenvalue weighted by Crippen LogP contribution is 2.13. The van der Waals surface area contributed by atoms with Crippen LogP contribution in [0, 0.1) is 11.6 Å². The molecule has 1 aromatic carbocycles. The van der Waals surface area contributed by atoms with Gasteiger partial charge in [-0.25, -0.2) is 8.78 Å². The summed E-state index contributed by atoms with van der Waals surface area (Å²) in [6, 6.07) is 3.22. The third-order valence-corrected chi connectivity index (χ3v) is 3.97. The van der Waals surface area contributed by atoms with E-state index in [2.05, 4.69) is 10.00 Å². The van der Waals surface area contributed by atoms with E-state index < -0.39 is 11.6 Å². The third kappa shape index (κ3) is 3.68. The highest BCUT2D eigenvalue weighted by atomic mass is 35.5. The molecule has 2 heterocycles. The second-order valence-corrected chi connectivity index (χ2v) is 5.81. The first-order valence-corrected chi connectivity index (χ1v) is 7.55. The van der Waals surface area contributed by atoms with Crippen LogP contribution in [0.2, 0.25) is 5.02 Å². The lowest BCUT2D eigenvalue weighted by atomic mass is 10.1.